The van der Waals surface area contributed by atoms with Gasteiger partial charge in [0.15, 0.2) is 0 Å². The molecule has 0 fully saturated rings. The topological polar surface area (TPSA) is 79.3 Å². The summed E-state index contributed by atoms with van der Waals surface area (Å²) in [6.45, 7) is 10.3. The van der Waals surface area contributed by atoms with E-state index in [-0.39, 0.29) is 17.9 Å². The van der Waals surface area contributed by atoms with Crippen LogP contribution in [0, 0.1) is 12.7 Å². The van der Waals surface area contributed by atoms with Gasteiger partial charge < -0.3 is 15.5 Å². The van der Waals surface area contributed by atoms with Gasteiger partial charge in [-0.25, -0.2) is 13.9 Å². The van der Waals surface area contributed by atoms with Gasteiger partial charge in [-0.3, -0.25) is 4.79 Å². The summed E-state index contributed by atoms with van der Waals surface area (Å²) in [6, 6.07) is 14.8. The Morgan fingerprint density at radius 2 is 1.79 bits per heavy atom. The van der Waals surface area contributed by atoms with Crippen LogP contribution in [0.5, 0.6) is 0 Å². The second kappa shape index (κ2) is 10.5. The molecule has 0 spiro atoms. The third-order valence-corrected chi connectivity index (χ3v) is 5.28. The molecule has 0 aliphatic heterocycles. The number of hydrogen-bond donors (Lipinski definition) is 2. The molecule has 0 saturated carbocycles. The van der Waals surface area contributed by atoms with Crippen LogP contribution in [0.4, 0.5) is 20.7 Å². The molecule has 0 unspecified atom stereocenters. The highest BCUT2D eigenvalue weighted by atomic mass is 19.1. The van der Waals surface area contributed by atoms with E-state index in [9.17, 15) is 14.0 Å². The normalized spacial score (nSPS) is 11.2. The SMILES string of the molecule is CCCN(CC(=O)Nc1cc(C(C)(C)C)nn1-c1ccccc1C)C(=O)Nc1cccc(F)c1. The van der Waals surface area contributed by atoms with E-state index < -0.39 is 11.8 Å². The van der Waals surface area contributed by atoms with Crippen LogP contribution in [-0.4, -0.2) is 39.7 Å². The van der Waals surface area contributed by atoms with Crippen LogP contribution in [0.25, 0.3) is 5.69 Å². The smallest absolute Gasteiger partial charge is 0.315 e. The summed E-state index contributed by atoms with van der Waals surface area (Å²) in [5, 5.41) is 10.3. The van der Waals surface area contributed by atoms with Crippen molar-refractivity contribution in [3.63, 3.8) is 0 Å². The molecular formula is C26H32FN5O2. The summed E-state index contributed by atoms with van der Waals surface area (Å²) in [7, 11) is 0. The monoisotopic (exact) mass is 465 g/mol. The average molecular weight is 466 g/mol. The zero-order valence-electron chi connectivity index (χ0n) is 20.4. The van der Waals surface area contributed by atoms with Crippen LogP contribution in [0.15, 0.2) is 54.6 Å². The molecular weight excluding hydrogens is 433 g/mol. The Labute approximate surface area is 200 Å². The first-order chi connectivity index (χ1) is 16.1. The number of carbonyl (C=O) groups excluding carboxylic acids is 2. The Hall–Kier alpha value is -3.68. The lowest BCUT2D eigenvalue weighted by Crippen LogP contribution is -2.41. The molecule has 0 aliphatic carbocycles. The number of aryl methyl sites for hydroxylation is 1. The molecule has 8 heteroatoms. The van der Waals surface area contributed by atoms with Crippen LogP contribution in [-0.2, 0) is 10.2 Å². The number of amides is 3. The summed E-state index contributed by atoms with van der Waals surface area (Å²) >= 11 is 0. The van der Waals surface area contributed by atoms with Crippen molar-refractivity contribution in [1.29, 1.82) is 0 Å². The maximum atomic E-state index is 13.5. The van der Waals surface area contributed by atoms with E-state index in [1.54, 1.807) is 10.7 Å². The van der Waals surface area contributed by atoms with E-state index in [0.717, 1.165) is 16.9 Å². The van der Waals surface area contributed by atoms with Crippen LogP contribution >= 0.6 is 0 Å². The zero-order valence-corrected chi connectivity index (χ0v) is 20.4. The zero-order chi connectivity index (χ0) is 24.9. The highest BCUT2D eigenvalue weighted by molar-refractivity contribution is 5.96. The number of aromatic nitrogens is 2. The average Bonchev–Trinajstić information content (AvgIpc) is 3.17. The van der Waals surface area contributed by atoms with E-state index in [0.29, 0.717) is 24.5 Å². The fourth-order valence-electron chi connectivity index (χ4n) is 3.47. The van der Waals surface area contributed by atoms with Crippen LogP contribution < -0.4 is 10.6 Å². The second-order valence-electron chi connectivity index (χ2n) is 9.27. The van der Waals surface area contributed by atoms with Crippen molar-refractivity contribution < 1.29 is 14.0 Å². The molecule has 1 aromatic heterocycles. The molecule has 180 valence electrons. The lowest BCUT2D eigenvalue weighted by molar-refractivity contribution is -0.116. The third kappa shape index (κ3) is 6.21. The number of nitrogens with one attached hydrogen (secondary N) is 2. The molecule has 34 heavy (non-hydrogen) atoms. The van der Waals surface area contributed by atoms with Gasteiger partial charge in [0.25, 0.3) is 0 Å². The van der Waals surface area contributed by atoms with E-state index in [1.165, 1.54) is 23.1 Å². The predicted molar refractivity (Wildman–Crippen MR) is 133 cm³/mol. The standard InChI is InChI=1S/C26H32FN5O2/c1-6-14-31(25(34)28-20-12-9-11-19(27)15-20)17-24(33)29-23-16-22(26(3,4)5)30-32(23)21-13-8-7-10-18(21)2/h7-13,15-16H,6,14,17H2,1-5H3,(H,28,34)(H,29,33). The summed E-state index contributed by atoms with van der Waals surface area (Å²) < 4.78 is 15.2. The molecule has 2 N–H and O–H groups in total. The minimum absolute atomic E-state index is 0.154. The number of carbonyl (C=O) groups is 2. The molecule has 2 aromatic carbocycles. The van der Waals surface area contributed by atoms with Crippen molar-refractivity contribution in [3.8, 4) is 5.69 Å². The van der Waals surface area contributed by atoms with Gasteiger partial charge in [0, 0.05) is 23.7 Å². The summed E-state index contributed by atoms with van der Waals surface area (Å²) in [4.78, 5) is 27.2. The second-order valence-corrected chi connectivity index (χ2v) is 9.27. The van der Waals surface area contributed by atoms with Gasteiger partial charge in [0.2, 0.25) is 5.91 Å². The van der Waals surface area contributed by atoms with E-state index in [2.05, 4.69) is 31.4 Å². The molecule has 0 bridgehead atoms. The van der Waals surface area contributed by atoms with Crippen LogP contribution in [0.3, 0.4) is 0 Å². The summed E-state index contributed by atoms with van der Waals surface area (Å²) in [5.41, 5.74) is 2.83. The van der Waals surface area contributed by atoms with Crippen LogP contribution in [0.1, 0.15) is 45.4 Å². The Morgan fingerprint density at radius 3 is 2.44 bits per heavy atom. The molecule has 0 aliphatic rings. The largest absolute Gasteiger partial charge is 0.322 e. The van der Waals surface area contributed by atoms with Gasteiger partial charge >= 0.3 is 6.03 Å². The molecule has 0 saturated heterocycles. The fraction of sp³-hybridized carbons (Fsp3) is 0.346. The third-order valence-electron chi connectivity index (χ3n) is 5.28. The quantitative estimate of drug-likeness (QED) is 0.484. The van der Waals surface area contributed by atoms with Crippen molar-refractivity contribution in [2.24, 2.45) is 0 Å². The van der Waals surface area contributed by atoms with Crippen molar-refractivity contribution in [2.75, 3.05) is 23.7 Å². The number of para-hydroxylation sites is 1. The molecule has 3 amide bonds. The van der Waals surface area contributed by atoms with Crippen molar-refractivity contribution in [1.82, 2.24) is 14.7 Å². The lowest BCUT2D eigenvalue weighted by Gasteiger charge is -2.22. The van der Waals surface area contributed by atoms with Crippen molar-refractivity contribution >= 4 is 23.4 Å². The number of hydrogen-bond acceptors (Lipinski definition) is 3. The lowest BCUT2D eigenvalue weighted by atomic mass is 9.92. The highest BCUT2D eigenvalue weighted by Gasteiger charge is 2.23. The maximum Gasteiger partial charge on any atom is 0.322 e. The van der Waals surface area contributed by atoms with Gasteiger partial charge in [-0.2, -0.15) is 5.10 Å². The van der Waals surface area contributed by atoms with E-state index in [1.807, 2.05) is 44.2 Å². The molecule has 3 aromatic rings. The molecule has 0 atom stereocenters. The minimum Gasteiger partial charge on any atom is -0.315 e. The predicted octanol–water partition coefficient (Wildman–Crippen LogP) is 5.50. The number of halogens is 1. The Balaban J connectivity index is 1.81. The Bertz CT molecular complexity index is 1170. The Kier molecular flexibility index (Phi) is 7.71. The number of nitrogens with zero attached hydrogens (tertiary/aromatic N) is 3. The van der Waals surface area contributed by atoms with Gasteiger partial charge in [-0.05, 0) is 43.2 Å². The Morgan fingerprint density at radius 1 is 1.06 bits per heavy atom. The van der Waals surface area contributed by atoms with Crippen molar-refractivity contribution in [3.05, 3.63) is 71.7 Å². The first-order valence-electron chi connectivity index (χ1n) is 11.4. The summed E-state index contributed by atoms with van der Waals surface area (Å²) in [5.74, 6) is -0.263. The minimum atomic E-state index is -0.467. The van der Waals surface area contributed by atoms with E-state index >= 15 is 0 Å². The van der Waals surface area contributed by atoms with Crippen molar-refractivity contribution in [2.45, 2.75) is 46.5 Å². The summed E-state index contributed by atoms with van der Waals surface area (Å²) in [6.07, 6.45) is 0.666. The molecule has 3 rings (SSSR count). The number of anilines is 2. The van der Waals surface area contributed by atoms with E-state index in [4.69, 9.17) is 5.10 Å². The molecule has 1 heterocycles. The first-order valence-corrected chi connectivity index (χ1v) is 11.4. The fourth-order valence-corrected chi connectivity index (χ4v) is 3.47. The van der Waals surface area contributed by atoms with Crippen LogP contribution in [0.2, 0.25) is 0 Å². The molecule has 0 radical (unpaired) electrons. The van der Waals surface area contributed by atoms with Gasteiger partial charge in [0.05, 0.1) is 11.4 Å². The van der Waals surface area contributed by atoms with Gasteiger partial charge in [-0.1, -0.05) is 52.0 Å². The van der Waals surface area contributed by atoms with Gasteiger partial charge in [-0.15, -0.1) is 0 Å². The number of rotatable bonds is 7. The van der Waals surface area contributed by atoms with Gasteiger partial charge in [0.1, 0.15) is 18.2 Å². The maximum absolute atomic E-state index is 13.5. The highest BCUT2D eigenvalue weighted by Crippen LogP contribution is 2.27. The number of benzene rings is 2. The number of urea groups is 1. The molecule has 7 nitrogen and oxygen atoms in total. The first kappa shape index (κ1) is 25.0.